The van der Waals surface area contributed by atoms with Crippen molar-refractivity contribution in [3.8, 4) is 0 Å². The summed E-state index contributed by atoms with van der Waals surface area (Å²) in [5.41, 5.74) is 0.360. The molecule has 0 radical (unpaired) electrons. The topological polar surface area (TPSA) is 83.4 Å². The van der Waals surface area contributed by atoms with E-state index in [1.54, 1.807) is 11.6 Å². The predicted molar refractivity (Wildman–Crippen MR) is 98.1 cm³/mol. The lowest BCUT2D eigenvalue weighted by molar-refractivity contribution is 0.0946. The zero-order chi connectivity index (χ0) is 18.4. The SMILES string of the molecule is CCCNCCNC(=O)c1cc(S(=O)(=O)N2CCCC(C)C2)cn1C. The minimum absolute atomic E-state index is 0.193. The van der Waals surface area contributed by atoms with E-state index in [1.807, 2.05) is 0 Å². The predicted octanol–water partition coefficient (Wildman–Crippen LogP) is 1.18. The Bertz CT molecular complexity index is 684. The Hall–Kier alpha value is -1.38. The second kappa shape index (κ2) is 8.82. The summed E-state index contributed by atoms with van der Waals surface area (Å²) in [7, 11) is -1.85. The first-order valence-corrected chi connectivity index (χ1v) is 10.5. The molecule has 0 spiro atoms. The summed E-state index contributed by atoms with van der Waals surface area (Å²) in [6, 6.07) is 1.48. The molecule has 0 aliphatic carbocycles. The fourth-order valence-electron chi connectivity index (χ4n) is 3.07. The number of aromatic nitrogens is 1. The number of carbonyl (C=O) groups is 1. The molecule has 142 valence electrons. The van der Waals surface area contributed by atoms with Crippen molar-refractivity contribution in [2.24, 2.45) is 13.0 Å². The molecule has 2 heterocycles. The fraction of sp³-hybridized carbons (Fsp3) is 0.706. The monoisotopic (exact) mass is 370 g/mol. The maximum absolute atomic E-state index is 12.8. The fourth-order valence-corrected chi connectivity index (χ4v) is 4.74. The highest BCUT2D eigenvalue weighted by molar-refractivity contribution is 7.89. The van der Waals surface area contributed by atoms with Gasteiger partial charge >= 0.3 is 0 Å². The normalized spacial score (nSPS) is 19.1. The van der Waals surface area contributed by atoms with Gasteiger partial charge in [-0.25, -0.2) is 8.42 Å². The first-order valence-electron chi connectivity index (χ1n) is 9.01. The van der Waals surface area contributed by atoms with Gasteiger partial charge < -0.3 is 15.2 Å². The third kappa shape index (κ3) is 5.05. The minimum atomic E-state index is -3.54. The number of hydrogen-bond donors (Lipinski definition) is 2. The van der Waals surface area contributed by atoms with E-state index in [0.29, 0.717) is 37.8 Å². The first kappa shape index (κ1) is 19.9. The maximum atomic E-state index is 12.8. The molecule has 1 saturated heterocycles. The molecule has 1 aliphatic heterocycles. The lowest BCUT2D eigenvalue weighted by Gasteiger charge is -2.29. The van der Waals surface area contributed by atoms with Gasteiger partial charge in [-0.3, -0.25) is 4.79 Å². The van der Waals surface area contributed by atoms with Crippen molar-refractivity contribution in [3.05, 3.63) is 18.0 Å². The zero-order valence-electron chi connectivity index (χ0n) is 15.4. The van der Waals surface area contributed by atoms with Crippen LogP contribution >= 0.6 is 0 Å². The summed E-state index contributed by atoms with van der Waals surface area (Å²) in [5.74, 6) is 0.111. The quantitative estimate of drug-likeness (QED) is 0.673. The van der Waals surface area contributed by atoms with Gasteiger partial charge in [0.1, 0.15) is 10.6 Å². The molecule has 1 aromatic rings. The molecule has 1 atom stereocenters. The van der Waals surface area contributed by atoms with Crippen LogP contribution in [0.1, 0.15) is 43.6 Å². The number of carbonyl (C=O) groups excluding carboxylic acids is 1. The van der Waals surface area contributed by atoms with Crippen LogP contribution in [-0.2, 0) is 17.1 Å². The summed E-state index contributed by atoms with van der Waals surface area (Å²) in [5, 5.41) is 6.03. The van der Waals surface area contributed by atoms with E-state index >= 15 is 0 Å². The molecule has 0 aromatic carbocycles. The molecule has 7 nitrogen and oxygen atoms in total. The summed E-state index contributed by atoms with van der Waals surface area (Å²) in [6.45, 7) is 7.36. The molecule has 0 saturated carbocycles. The molecular weight excluding hydrogens is 340 g/mol. The second-order valence-electron chi connectivity index (χ2n) is 6.79. The Morgan fingerprint density at radius 1 is 1.32 bits per heavy atom. The highest BCUT2D eigenvalue weighted by Gasteiger charge is 2.30. The molecule has 1 fully saturated rings. The van der Waals surface area contributed by atoms with Crippen molar-refractivity contribution in [2.75, 3.05) is 32.7 Å². The Morgan fingerprint density at radius 3 is 2.76 bits per heavy atom. The molecule has 1 aliphatic rings. The molecule has 2 rings (SSSR count). The van der Waals surface area contributed by atoms with Crippen molar-refractivity contribution in [1.29, 1.82) is 0 Å². The third-order valence-electron chi connectivity index (χ3n) is 4.48. The highest BCUT2D eigenvalue weighted by atomic mass is 32.2. The van der Waals surface area contributed by atoms with E-state index in [9.17, 15) is 13.2 Å². The van der Waals surface area contributed by atoms with Gasteiger partial charge in [0.15, 0.2) is 0 Å². The first-order chi connectivity index (χ1) is 11.9. The van der Waals surface area contributed by atoms with Crippen LogP contribution in [0.25, 0.3) is 0 Å². The molecule has 1 amide bonds. The molecule has 0 bridgehead atoms. The van der Waals surface area contributed by atoms with E-state index in [0.717, 1.165) is 25.8 Å². The van der Waals surface area contributed by atoms with Crippen LogP contribution in [-0.4, -0.2) is 55.9 Å². The van der Waals surface area contributed by atoms with Crippen LogP contribution in [0.5, 0.6) is 0 Å². The number of piperidine rings is 1. The Kier molecular flexibility index (Phi) is 7.04. The summed E-state index contributed by atoms with van der Waals surface area (Å²) in [6.07, 6.45) is 4.51. The van der Waals surface area contributed by atoms with Gasteiger partial charge in [0.25, 0.3) is 5.91 Å². The van der Waals surface area contributed by atoms with Crippen LogP contribution < -0.4 is 10.6 Å². The average Bonchev–Trinajstić information content (AvgIpc) is 2.97. The number of nitrogens with zero attached hydrogens (tertiary/aromatic N) is 2. The third-order valence-corrected chi connectivity index (χ3v) is 6.31. The number of amides is 1. The lowest BCUT2D eigenvalue weighted by Crippen LogP contribution is -2.38. The molecule has 2 N–H and O–H groups in total. The van der Waals surface area contributed by atoms with Crippen LogP contribution in [0.4, 0.5) is 0 Å². The number of aryl methyl sites for hydroxylation is 1. The number of rotatable bonds is 8. The van der Waals surface area contributed by atoms with Crippen LogP contribution in [0.3, 0.4) is 0 Å². The van der Waals surface area contributed by atoms with Gasteiger partial charge in [-0.1, -0.05) is 13.8 Å². The van der Waals surface area contributed by atoms with E-state index in [1.165, 1.54) is 16.6 Å². The Labute approximate surface area is 150 Å². The molecular formula is C17H30N4O3S. The van der Waals surface area contributed by atoms with Crippen LogP contribution in [0.15, 0.2) is 17.2 Å². The molecule has 1 unspecified atom stereocenters. The molecule has 8 heteroatoms. The van der Waals surface area contributed by atoms with E-state index in [4.69, 9.17) is 0 Å². The second-order valence-corrected chi connectivity index (χ2v) is 8.73. The summed E-state index contributed by atoms with van der Waals surface area (Å²) < 4.78 is 28.8. The van der Waals surface area contributed by atoms with Gasteiger partial charge in [-0.05, 0) is 37.8 Å². The van der Waals surface area contributed by atoms with Crippen LogP contribution in [0.2, 0.25) is 0 Å². The van der Waals surface area contributed by atoms with Crippen molar-refractivity contribution in [3.63, 3.8) is 0 Å². The highest BCUT2D eigenvalue weighted by Crippen LogP contribution is 2.24. The Morgan fingerprint density at radius 2 is 2.08 bits per heavy atom. The van der Waals surface area contributed by atoms with Crippen LogP contribution in [0, 0.1) is 5.92 Å². The van der Waals surface area contributed by atoms with Crippen molar-refractivity contribution in [2.45, 2.75) is 38.0 Å². The average molecular weight is 371 g/mol. The van der Waals surface area contributed by atoms with Gasteiger partial charge in [-0.2, -0.15) is 4.31 Å². The van der Waals surface area contributed by atoms with Crippen molar-refractivity contribution in [1.82, 2.24) is 19.5 Å². The van der Waals surface area contributed by atoms with E-state index < -0.39 is 10.0 Å². The summed E-state index contributed by atoms with van der Waals surface area (Å²) >= 11 is 0. The van der Waals surface area contributed by atoms with Gasteiger partial charge in [0, 0.05) is 39.4 Å². The van der Waals surface area contributed by atoms with Gasteiger partial charge in [0.05, 0.1) is 0 Å². The van der Waals surface area contributed by atoms with Crippen molar-refractivity contribution >= 4 is 15.9 Å². The number of nitrogens with one attached hydrogen (secondary N) is 2. The zero-order valence-corrected chi connectivity index (χ0v) is 16.2. The minimum Gasteiger partial charge on any atom is -0.349 e. The smallest absolute Gasteiger partial charge is 0.267 e. The largest absolute Gasteiger partial charge is 0.349 e. The Balaban J connectivity index is 2.04. The number of hydrogen-bond acceptors (Lipinski definition) is 4. The molecule has 25 heavy (non-hydrogen) atoms. The van der Waals surface area contributed by atoms with Crippen molar-refractivity contribution < 1.29 is 13.2 Å². The molecule has 1 aromatic heterocycles. The van der Waals surface area contributed by atoms with E-state index in [2.05, 4.69) is 24.5 Å². The lowest BCUT2D eigenvalue weighted by atomic mass is 10.0. The number of sulfonamides is 1. The standard InChI is InChI=1S/C17H30N4O3S/c1-4-7-18-8-9-19-17(22)16-11-15(13-20(16)3)25(23,24)21-10-5-6-14(2)12-21/h11,13-14,18H,4-10,12H2,1-3H3,(H,19,22). The maximum Gasteiger partial charge on any atom is 0.267 e. The van der Waals surface area contributed by atoms with E-state index in [-0.39, 0.29) is 10.8 Å². The van der Waals surface area contributed by atoms with Gasteiger partial charge in [-0.15, -0.1) is 0 Å². The van der Waals surface area contributed by atoms with Gasteiger partial charge in [0.2, 0.25) is 10.0 Å². The summed E-state index contributed by atoms with van der Waals surface area (Å²) in [4.78, 5) is 12.5.